The summed E-state index contributed by atoms with van der Waals surface area (Å²) in [6.45, 7) is 4.16. The second kappa shape index (κ2) is 23.2. The first-order chi connectivity index (χ1) is 25.6. The number of phosphoric ester groups is 1. The van der Waals surface area contributed by atoms with Crippen molar-refractivity contribution in [3.8, 4) is 0 Å². The Kier molecular flexibility index (Phi) is 19.1. The van der Waals surface area contributed by atoms with E-state index in [9.17, 15) is 19.7 Å². The monoisotopic (exact) mass is 782 g/mol. The van der Waals surface area contributed by atoms with Gasteiger partial charge in [0.15, 0.2) is 5.82 Å². The minimum Gasteiger partial charge on any atom is -0.387 e. The Morgan fingerprint density at radius 3 is 2.21 bits per heavy atom. The van der Waals surface area contributed by atoms with Crippen LogP contribution in [-0.4, -0.2) is 80.5 Å². The fourth-order valence-corrected chi connectivity index (χ4v) is 8.16. The van der Waals surface area contributed by atoms with Crippen molar-refractivity contribution in [3.05, 3.63) is 46.5 Å². The highest BCUT2D eigenvalue weighted by molar-refractivity contribution is 7.47. The number of ether oxygens (including phenoxy) is 3. The number of rotatable bonds is 29. The number of hydrogen-bond acceptors (Lipinski definition) is 12. The Labute approximate surface area is 319 Å². The van der Waals surface area contributed by atoms with Gasteiger partial charge in [0, 0.05) is 6.61 Å². The Morgan fingerprint density at radius 1 is 0.943 bits per heavy atom. The zero-order chi connectivity index (χ0) is 37.9. The Hall–Kier alpha value is -1.97. The number of anilines is 1. The van der Waals surface area contributed by atoms with E-state index in [1.165, 1.54) is 101 Å². The predicted octanol–water partition coefficient (Wildman–Crippen LogP) is 7.71. The number of aliphatic hydroxyl groups is 2. The van der Waals surface area contributed by atoms with Gasteiger partial charge in [-0.2, -0.15) is 16.4 Å². The number of unbranched alkanes of at least 4 members (excludes halogenated alkanes) is 15. The van der Waals surface area contributed by atoms with E-state index < -0.39 is 44.4 Å². The van der Waals surface area contributed by atoms with Crippen molar-refractivity contribution in [1.29, 1.82) is 0 Å². The molecular weight excluding hydrogens is 719 g/mol. The van der Waals surface area contributed by atoms with Crippen molar-refractivity contribution >= 4 is 30.5 Å². The molecule has 15 heteroatoms. The summed E-state index contributed by atoms with van der Waals surface area (Å²) in [4.78, 5) is 14.5. The van der Waals surface area contributed by atoms with Crippen LogP contribution in [-0.2, 0) is 40.0 Å². The van der Waals surface area contributed by atoms with Crippen molar-refractivity contribution in [2.45, 2.75) is 153 Å². The highest BCUT2D eigenvalue weighted by atomic mass is 32.1. The summed E-state index contributed by atoms with van der Waals surface area (Å²) in [5.41, 5.74) is 6.43. The quantitative estimate of drug-likeness (QED) is 0.0399. The maximum Gasteiger partial charge on any atom is 0.472 e. The number of nitrogens with two attached hydrogens (primary N) is 1. The van der Waals surface area contributed by atoms with E-state index in [0.29, 0.717) is 24.4 Å². The first-order valence-corrected chi connectivity index (χ1v) is 22.0. The van der Waals surface area contributed by atoms with Gasteiger partial charge in [0.2, 0.25) is 0 Å². The van der Waals surface area contributed by atoms with Gasteiger partial charge in [0.25, 0.3) is 0 Å². The van der Waals surface area contributed by atoms with Crippen LogP contribution in [0.25, 0.3) is 5.52 Å². The van der Waals surface area contributed by atoms with Gasteiger partial charge in [0.05, 0.1) is 32.1 Å². The fraction of sp³-hybridized carbons (Fsp3) is 0.737. The van der Waals surface area contributed by atoms with Crippen LogP contribution in [0, 0.1) is 0 Å². The van der Waals surface area contributed by atoms with E-state index in [1.807, 2.05) is 16.8 Å². The summed E-state index contributed by atoms with van der Waals surface area (Å²) >= 11 is 1.56. The summed E-state index contributed by atoms with van der Waals surface area (Å²) in [5.74, 6) is 0.240. The molecule has 3 aromatic rings. The number of phosphoric acid groups is 1. The molecule has 1 aliphatic rings. The topological polar surface area (TPSA) is 180 Å². The van der Waals surface area contributed by atoms with Crippen molar-refractivity contribution in [2.75, 3.05) is 32.2 Å². The smallest absolute Gasteiger partial charge is 0.387 e. The van der Waals surface area contributed by atoms with Gasteiger partial charge in [0.1, 0.15) is 41.9 Å². The first kappa shape index (κ1) is 43.8. The van der Waals surface area contributed by atoms with Crippen LogP contribution in [0.3, 0.4) is 0 Å². The van der Waals surface area contributed by atoms with Crippen LogP contribution in [0.5, 0.6) is 0 Å². The maximum atomic E-state index is 12.9. The van der Waals surface area contributed by atoms with Crippen LogP contribution in [0.15, 0.2) is 35.3 Å². The largest absolute Gasteiger partial charge is 0.472 e. The standard InChI is InChI=1S/C38H63N4O9PS/c1-3-4-5-6-7-8-9-10-11-12-13-14-15-16-17-18-22-47-25-31(48-24-30-21-23-53-28-30)26-49-52(45,46)50-27-33-35(43)36(44)38(2,51-33)34-20-19-32-37(39)40-29-41-42(32)34/h19-21,23,28-29,31,33,35-36,43-44H,3-18,22,24-27H2,1-2H3,(H,45,46)(H2,39,40,41)/t31-,33-,35-,36-,38+/m1/s1. The lowest BCUT2D eigenvalue weighted by molar-refractivity contribution is -0.0901. The third kappa shape index (κ3) is 14.2. The minimum absolute atomic E-state index is 0.192. The number of nitrogen functional groups attached to an aromatic ring is 1. The Bertz CT molecular complexity index is 1480. The Balaban J connectivity index is 1.11. The van der Waals surface area contributed by atoms with Crippen LogP contribution < -0.4 is 5.73 Å². The van der Waals surface area contributed by atoms with Gasteiger partial charge in [-0.15, -0.1) is 0 Å². The van der Waals surface area contributed by atoms with E-state index in [2.05, 4.69) is 17.0 Å². The lowest BCUT2D eigenvalue weighted by Crippen LogP contribution is -2.39. The van der Waals surface area contributed by atoms with Gasteiger partial charge in [-0.25, -0.2) is 14.1 Å². The number of aliphatic hydroxyl groups excluding tert-OH is 2. The van der Waals surface area contributed by atoms with Gasteiger partial charge in [-0.1, -0.05) is 103 Å². The normalized spacial score (nSPS) is 22.1. The predicted molar refractivity (Wildman–Crippen MR) is 207 cm³/mol. The second-order valence-electron chi connectivity index (χ2n) is 14.4. The fourth-order valence-electron chi connectivity index (χ4n) is 6.74. The van der Waals surface area contributed by atoms with E-state index in [4.69, 9.17) is 29.0 Å². The Morgan fingerprint density at radius 2 is 1.58 bits per heavy atom. The molecule has 1 aliphatic heterocycles. The van der Waals surface area contributed by atoms with E-state index in [1.54, 1.807) is 30.4 Å². The lowest BCUT2D eigenvalue weighted by atomic mass is 9.93. The molecule has 4 rings (SSSR count). The zero-order valence-corrected chi connectivity index (χ0v) is 33.4. The lowest BCUT2D eigenvalue weighted by Gasteiger charge is -2.27. The molecule has 13 nitrogen and oxygen atoms in total. The number of nitrogens with zero attached hydrogens (tertiary/aromatic N) is 3. The molecule has 0 bridgehead atoms. The average molecular weight is 783 g/mol. The summed E-state index contributed by atoms with van der Waals surface area (Å²) in [6.07, 6.45) is 17.5. The highest BCUT2D eigenvalue weighted by Gasteiger charge is 2.54. The molecule has 5 N–H and O–H groups in total. The molecule has 4 heterocycles. The van der Waals surface area contributed by atoms with Crippen LogP contribution >= 0.6 is 19.2 Å². The molecule has 1 fully saturated rings. The molecule has 0 amide bonds. The maximum absolute atomic E-state index is 12.9. The van der Waals surface area contributed by atoms with Gasteiger partial charge >= 0.3 is 7.82 Å². The van der Waals surface area contributed by atoms with E-state index in [-0.39, 0.29) is 19.0 Å². The minimum atomic E-state index is -4.60. The van der Waals surface area contributed by atoms with Crippen molar-refractivity contribution in [3.63, 3.8) is 0 Å². The molecule has 0 aromatic carbocycles. The number of aromatic nitrogens is 3. The third-order valence-electron chi connectivity index (χ3n) is 9.99. The molecule has 300 valence electrons. The molecular formula is C38H63N4O9PS. The highest BCUT2D eigenvalue weighted by Crippen LogP contribution is 2.46. The van der Waals surface area contributed by atoms with Crippen molar-refractivity contribution in [1.82, 2.24) is 14.6 Å². The first-order valence-electron chi connectivity index (χ1n) is 19.6. The van der Waals surface area contributed by atoms with Gasteiger partial charge < -0.3 is 35.1 Å². The summed E-state index contributed by atoms with van der Waals surface area (Å²) in [5, 5.41) is 29.9. The molecule has 0 aliphatic carbocycles. The molecule has 0 radical (unpaired) electrons. The molecule has 53 heavy (non-hydrogen) atoms. The summed E-state index contributed by atoms with van der Waals surface area (Å²) < 4.78 is 42.9. The SMILES string of the molecule is CCCCCCCCCCCCCCCCCCOC[C@H](COP(=O)(O)OC[C@H]1O[C@@](C)(c2ccc3c(N)ncnn23)[C@H](O)[C@@H]1O)OCc1ccsc1. The molecule has 0 saturated carbocycles. The molecule has 1 unspecified atom stereocenters. The van der Waals surface area contributed by atoms with Crippen LogP contribution in [0.2, 0.25) is 0 Å². The van der Waals surface area contributed by atoms with Gasteiger partial charge in [-0.05, 0) is 47.9 Å². The number of thiophene rings is 1. The third-order valence-corrected chi connectivity index (χ3v) is 11.7. The van der Waals surface area contributed by atoms with E-state index >= 15 is 0 Å². The molecule has 1 saturated heterocycles. The number of hydrogen-bond donors (Lipinski definition) is 4. The molecule has 6 atom stereocenters. The molecule has 0 spiro atoms. The van der Waals surface area contributed by atoms with Gasteiger partial charge in [-0.3, -0.25) is 9.05 Å². The number of fused-ring (bicyclic) bond motifs is 1. The second-order valence-corrected chi connectivity index (χ2v) is 16.6. The zero-order valence-electron chi connectivity index (χ0n) is 31.7. The van der Waals surface area contributed by atoms with Crippen LogP contribution in [0.1, 0.15) is 128 Å². The summed E-state index contributed by atoms with van der Waals surface area (Å²) in [6, 6.07) is 5.30. The van der Waals surface area contributed by atoms with E-state index in [0.717, 1.165) is 18.4 Å². The van der Waals surface area contributed by atoms with Crippen molar-refractivity contribution in [2.24, 2.45) is 0 Å². The van der Waals surface area contributed by atoms with Crippen molar-refractivity contribution < 1.29 is 42.9 Å². The summed E-state index contributed by atoms with van der Waals surface area (Å²) in [7, 11) is -4.60. The van der Waals surface area contributed by atoms with Crippen LogP contribution in [0.4, 0.5) is 5.82 Å². The molecule has 3 aromatic heterocycles. The average Bonchev–Trinajstić information content (AvgIpc) is 3.88.